The van der Waals surface area contributed by atoms with E-state index in [4.69, 9.17) is 6.57 Å². The van der Waals surface area contributed by atoms with Crippen molar-refractivity contribution in [1.82, 2.24) is 4.90 Å². The normalized spacial score (nSPS) is 16.2. The van der Waals surface area contributed by atoms with Crippen LogP contribution in [0.4, 0.5) is 0 Å². The number of halogens is 1. The van der Waals surface area contributed by atoms with E-state index in [0.29, 0.717) is 25.1 Å². The first-order valence-corrected chi connectivity index (χ1v) is 8.22. The molecular formula is C12H23ClN2O2S. The number of nitrogens with zero attached hydrogens (tertiary/aromatic N) is 2. The molecule has 0 aromatic carbocycles. The zero-order chi connectivity index (χ0) is 12.6. The Labute approximate surface area is 117 Å². The number of unbranched alkanes of at least 4 members (excludes halogenated alkanes) is 1. The first-order valence-electron chi connectivity index (χ1n) is 6.40. The number of sulfone groups is 1. The summed E-state index contributed by atoms with van der Waals surface area (Å²) in [7, 11) is -2.88. The quantitative estimate of drug-likeness (QED) is 0.508. The third kappa shape index (κ3) is 7.91. The number of rotatable bonds is 8. The second-order valence-corrected chi connectivity index (χ2v) is 6.95. The first kappa shape index (κ1) is 17.7. The second-order valence-electron chi connectivity index (χ2n) is 4.64. The molecule has 1 aliphatic heterocycles. The Bertz CT molecular complexity index is 346. The molecule has 1 saturated heterocycles. The van der Waals surface area contributed by atoms with E-state index in [0.717, 1.165) is 26.1 Å². The minimum absolute atomic E-state index is 0. The highest BCUT2D eigenvalue weighted by Gasteiger charge is 2.14. The summed E-state index contributed by atoms with van der Waals surface area (Å²) in [6.07, 6.45) is 4.60. The molecule has 0 atom stereocenters. The third-order valence-corrected chi connectivity index (χ3v) is 4.92. The van der Waals surface area contributed by atoms with E-state index in [1.807, 2.05) is 0 Å². The van der Waals surface area contributed by atoms with Gasteiger partial charge in [0.15, 0.2) is 0 Å². The molecule has 4 nitrogen and oxygen atoms in total. The molecule has 0 radical (unpaired) electrons. The van der Waals surface area contributed by atoms with Gasteiger partial charge in [0.1, 0.15) is 9.84 Å². The Hall–Kier alpha value is -0.310. The van der Waals surface area contributed by atoms with E-state index in [1.54, 1.807) is 0 Å². The van der Waals surface area contributed by atoms with Gasteiger partial charge in [-0.3, -0.25) is 0 Å². The van der Waals surface area contributed by atoms with Crippen molar-refractivity contribution in [1.29, 1.82) is 0 Å². The fraction of sp³-hybridized carbons (Fsp3) is 0.917. The standard InChI is InChI=1S/C12H22N2O2S.ClH/c1-13-7-2-5-11-17(15,16)12-6-10-14-8-3-4-9-14;/h2-12H2;1H. The topological polar surface area (TPSA) is 41.7 Å². The predicted molar refractivity (Wildman–Crippen MR) is 76.9 cm³/mol. The molecule has 0 saturated carbocycles. The van der Waals surface area contributed by atoms with Gasteiger partial charge in [0, 0.05) is 6.42 Å². The average Bonchev–Trinajstić information content (AvgIpc) is 2.77. The van der Waals surface area contributed by atoms with Gasteiger partial charge in [0.2, 0.25) is 6.54 Å². The Balaban J connectivity index is 0.00000289. The molecule has 0 amide bonds. The van der Waals surface area contributed by atoms with Gasteiger partial charge in [-0.25, -0.2) is 15.0 Å². The SMILES string of the molecule is Cl.[C-]#[N+]CCCCS(=O)(=O)CCCN1CCCC1. The molecule has 1 aliphatic rings. The summed E-state index contributed by atoms with van der Waals surface area (Å²) in [6, 6.07) is 0. The summed E-state index contributed by atoms with van der Waals surface area (Å²) >= 11 is 0. The van der Waals surface area contributed by atoms with Crippen LogP contribution in [0.1, 0.15) is 32.1 Å². The number of hydrogen-bond acceptors (Lipinski definition) is 3. The van der Waals surface area contributed by atoms with Crippen molar-refractivity contribution >= 4 is 22.2 Å². The monoisotopic (exact) mass is 294 g/mol. The minimum Gasteiger partial charge on any atom is -0.317 e. The largest absolute Gasteiger partial charge is 0.317 e. The van der Waals surface area contributed by atoms with Gasteiger partial charge in [0.25, 0.3) is 0 Å². The van der Waals surface area contributed by atoms with Gasteiger partial charge in [0.05, 0.1) is 11.5 Å². The molecule has 1 heterocycles. The van der Waals surface area contributed by atoms with Crippen LogP contribution in [-0.4, -0.2) is 51.0 Å². The Kier molecular flexibility index (Phi) is 9.43. The third-order valence-electron chi connectivity index (χ3n) is 3.10. The van der Waals surface area contributed by atoms with Crippen molar-refractivity contribution in [2.24, 2.45) is 0 Å². The minimum atomic E-state index is -2.88. The molecule has 18 heavy (non-hydrogen) atoms. The lowest BCUT2D eigenvalue weighted by molar-refractivity contribution is 0.340. The predicted octanol–water partition coefficient (Wildman–Crippen LogP) is 2.01. The fourth-order valence-corrected chi connectivity index (χ4v) is 3.55. The molecule has 0 spiro atoms. The smallest absolute Gasteiger partial charge is 0.214 e. The summed E-state index contributed by atoms with van der Waals surface area (Å²) in [5.74, 6) is 0.560. The zero-order valence-electron chi connectivity index (χ0n) is 10.8. The van der Waals surface area contributed by atoms with Crippen molar-refractivity contribution in [2.75, 3.05) is 37.7 Å². The van der Waals surface area contributed by atoms with Crippen LogP contribution in [0.2, 0.25) is 0 Å². The van der Waals surface area contributed by atoms with Crippen LogP contribution in [0.3, 0.4) is 0 Å². The van der Waals surface area contributed by atoms with Gasteiger partial charge >= 0.3 is 0 Å². The molecule has 1 rings (SSSR count). The maximum absolute atomic E-state index is 11.7. The zero-order valence-corrected chi connectivity index (χ0v) is 12.4. The Morgan fingerprint density at radius 2 is 1.67 bits per heavy atom. The van der Waals surface area contributed by atoms with Crippen LogP contribution in [0, 0.1) is 6.57 Å². The van der Waals surface area contributed by atoms with Crippen molar-refractivity contribution in [3.63, 3.8) is 0 Å². The van der Waals surface area contributed by atoms with Crippen LogP contribution in [0.25, 0.3) is 4.85 Å². The molecular weight excluding hydrogens is 272 g/mol. The van der Waals surface area contributed by atoms with E-state index >= 15 is 0 Å². The van der Waals surface area contributed by atoms with E-state index in [2.05, 4.69) is 9.74 Å². The molecule has 0 aromatic heterocycles. The molecule has 0 bridgehead atoms. The Morgan fingerprint density at radius 1 is 1.06 bits per heavy atom. The van der Waals surface area contributed by atoms with Gasteiger partial charge in [-0.2, -0.15) is 0 Å². The highest BCUT2D eigenvalue weighted by molar-refractivity contribution is 7.91. The molecule has 106 valence electrons. The lowest BCUT2D eigenvalue weighted by atomic mass is 10.3. The van der Waals surface area contributed by atoms with Crippen molar-refractivity contribution in [3.05, 3.63) is 11.4 Å². The molecule has 6 heteroatoms. The van der Waals surface area contributed by atoms with E-state index < -0.39 is 9.84 Å². The lowest BCUT2D eigenvalue weighted by Crippen LogP contribution is -2.23. The van der Waals surface area contributed by atoms with Gasteiger partial charge in [-0.15, -0.1) is 12.4 Å². The van der Waals surface area contributed by atoms with E-state index in [1.165, 1.54) is 12.8 Å². The summed E-state index contributed by atoms with van der Waals surface area (Å²) in [5, 5.41) is 0. The summed E-state index contributed by atoms with van der Waals surface area (Å²) in [5.41, 5.74) is 0. The second kappa shape index (κ2) is 9.60. The van der Waals surface area contributed by atoms with Crippen LogP contribution in [0.5, 0.6) is 0 Å². The van der Waals surface area contributed by atoms with Crippen molar-refractivity contribution in [2.45, 2.75) is 32.1 Å². The fourth-order valence-electron chi connectivity index (χ4n) is 2.13. The maximum atomic E-state index is 11.7. The summed E-state index contributed by atoms with van der Waals surface area (Å²) < 4.78 is 23.3. The average molecular weight is 295 g/mol. The van der Waals surface area contributed by atoms with Crippen molar-refractivity contribution in [3.8, 4) is 0 Å². The molecule has 0 aromatic rings. The maximum Gasteiger partial charge on any atom is 0.214 e. The Morgan fingerprint density at radius 3 is 2.28 bits per heavy atom. The first-order chi connectivity index (χ1) is 8.14. The molecule has 0 N–H and O–H groups in total. The van der Waals surface area contributed by atoms with E-state index in [9.17, 15) is 8.42 Å². The highest BCUT2D eigenvalue weighted by Crippen LogP contribution is 2.08. The van der Waals surface area contributed by atoms with Crippen LogP contribution >= 0.6 is 12.4 Å². The van der Waals surface area contributed by atoms with Crippen LogP contribution < -0.4 is 0 Å². The molecule has 0 unspecified atom stereocenters. The van der Waals surface area contributed by atoms with Crippen molar-refractivity contribution < 1.29 is 8.42 Å². The number of hydrogen-bond donors (Lipinski definition) is 0. The molecule has 1 fully saturated rings. The van der Waals surface area contributed by atoms with Gasteiger partial charge < -0.3 is 9.74 Å². The summed E-state index contributed by atoms with van der Waals surface area (Å²) in [6.45, 7) is 10.2. The number of likely N-dealkylation sites (tertiary alicyclic amines) is 1. The van der Waals surface area contributed by atoms with Gasteiger partial charge in [-0.1, -0.05) is 0 Å². The van der Waals surface area contributed by atoms with Crippen LogP contribution in [-0.2, 0) is 9.84 Å². The van der Waals surface area contributed by atoms with E-state index in [-0.39, 0.29) is 18.2 Å². The van der Waals surface area contributed by atoms with Gasteiger partial charge in [-0.05, 0) is 45.3 Å². The highest BCUT2D eigenvalue weighted by atomic mass is 35.5. The molecule has 0 aliphatic carbocycles. The lowest BCUT2D eigenvalue weighted by Gasteiger charge is -2.13. The summed E-state index contributed by atoms with van der Waals surface area (Å²) in [4.78, 5) is 5.56. The van der Waals surface area contributed by atoms with Crippen LogP contribution in [0.15, 0.2) is 0 Å².